The topological polar surface area (TPSA) is 0 Å². The van der Waals surface area contributed by atoms with E-state index in [-0.39, 0.29) is 0 Å². The molecule has 2 rings (SSSR count). The van der Waals surface area contributed by atoms with Crippen LogP contribution in [0.15, 0.2) is 54.6 Å². The third kappa shape index (κ3) is 2.10. The second-order valence-electron chi connectivity index (χ2n) is 3.81. The smallest absolute Gasteiger partial charge is 0.0311 e. The molecule has 0 heterocycles. The van der Waals surface area contributed by atoms with Gasteiger partial charge in [0.25, 0.3) is 0 Å². The standard InChI is InChI=1S/C15H15/c1-12-8-6-7-11-15(12)13(2)14-9-4-3-5-10-14/h3-11H,1-2H3. The Bertz CT molecular complexity index is 429. The van der Waals surface area contributed by atoms with E-state index in [1.54, 1.807) is 0 Å². The summed E-state index contributed by atoms with van der Waals surface area (Å²) < 4.78 is 0. The summed E-state index contributed by atoms with van der Waals surface area (Å²) in [6.07, 6.45) is 0. The quantitative estimate of drug-likeness (QED) is 0.679. The van der Waals surface area contributed by atoms with Crippen LogP contribution in [-0.4, -0.2) is 0 Å². The monoisotopic (exact) mass is 195 g/mol. The fourth-order valence-corrected chi connectivity index (χ4v) is 1.84. The van der Waals surface area contributed by atoms with Gasteiger partial charge in [-0.2, -0.15) is 0 Å². The van der Waals surface area contributed by atoms with Crippen LogP contribution in [0.5, 0.6) is 0 Å². The second-order valence-corrected chi connectivity index (χ2v) is 3.81. The first-order chi connectivity index (χ1) is 7.29. The van der Waals surface area contributed by atoms with Gasteiger partial charge in [0.2, 0.25) is 0 Å². The molecule has 0 N–H and O–H groups in total. The third-order valence-electron chi connectivity index (χ3n) is 2.76. The lowest BCUT2D eigenvalue weighted by Gasteiger charge is -2.13. The lowest BCUT2D eigenvalue weighted by atomic mass is 9.90. The number of hydrogen-bond acceptors (Lipinski definition) is 0. The minimum atomic E-state index is 1.30. The Morgan fingerprint density at radius 1 is 0.800 bits per heavy atom. The van der Waals surface area contributed by atoms with E-state index in [4.69, 9.17) is 0 Å². The fraction of sp³-hybridized carbons (Fsp3) is 0.133. The van der Waals surface area contributed by atoms with Gasteiger partial charge in [-0.3, -0.25) is 0 Å². The molecule has 75 valence electrons. The van der Waals surface area contributed by atoms with E-state index in [2.05, 4.69) is 68.4 Å². The van der Waals surface area contributed by atoms with Gasteiger partial charge < -0.3 is 0 Å². The van der Waals surface area contributed by atoms with E-state index < -0.39 is 0 Å². The summed E-state index contributed by atoms with van der Waals surface area (Å²) in [5.41, 5.74) is 3.97. The van der Waals surface area contributed by atoms with Gasteiger partial charge in [0.05, 0.1) is 0 Å². The molecule has 1 radical (unpaired) electrons. The molecule has 0 aliphatic heterocycles. The van der Waals surface area contributed by atoms with Crippen LogP contribution in [0.1, 0.15) is 23.6 Å². The second kappa shape index (κ2) is 4.31. The van der Waals surface area contributed by atoms with Crippen LogP contribution in [-0.2, 0) is 0 Å². The number of hydrogen-bond donors (Lipinski definition) is 0. The van der Waals surface area contributed by atoms with Gasteiger partial charge >= 0.3 is 0 Å². The van der Waals surface area contributed by atoms with E-state index >= 15 is 0 Å². The molecule has 0 aromatic heterocycles. The Hall–Kier alpha value is -1.56. The first kappa shape index (κ1) is 9.97. The number of benzene rings is 2. The van der Waals surface area contributed by atoms with Crippen LogP contribution in [0.25, 0.3) is 0 Å². The van der Waals surface area contributed by atoms with Crippen LogP contribution in [0.4, 0.5) is 0 Å². The van der Waals surface area contributed by atoms with Gasteiger partial charge in [-0.1, -0.05) is 61.5 Å². The van der Waals surface area contributed by atoms with Crippen LogP contribution in [0.3, 0.4) is 0 Å². The minimum absolute atomic E-state index is 1.30. The van der Waals surface area contributed by atoms with Crippen molar-refractivity contribution in [2.24, 2.45) is 0 Å². The lowest BCUT2D eigenvalue weighted by molar-refractivity contribution is 1.16. The SMILES string of the molecule is C[C](c1ccccc1)c1ccccc1C. The van der Waals surface area contributed by atoms with Crippen LogP contribution in [0.2, 0.25) is 0 Å². The van der Waals surface area contributed by atoms with Crippen molar-refractivity contribution < 1.29 is 0 Å². The van der Waals surface area contributed by atoms with Crippen molar-refractivity contribution in [2.75, 3.05) is 0 Å². The van der Waals surface area contributed by atoms with Crippen LogP contribution >= 0.6 is 0 Å². The number of rotatable bonds is 2. The minimum Gasteiger partial charge on any atom is -0.0622 e. The fourth-order valence-electron chi connectivity index (χ4n) is 1.84. The van der Waals surface area contributed by atoms with Crippen molar-refractivity contribution in [3.8, 4) is 0 Å². The first-order valence-electron chi connectivity index (χ1n) is 5.24. The van der Waals surface area contributed by atoms with Gasteiger partial charge in [-0.25, -0.2) is 0 Å². The predicted molar refractivity (Wildman–Crippen MR) is 64.7 cm³/mol. The molecule has 0 fully saturated rings. The van der Waals surface area contributed by atoms with Crippen molar-refractivity contribution in [2.45, 2.75) is 13.8 Å². The van der Waals surface area contributed by atoms with E-state index in [9.17, 15) is 0 Å². The molecule has 15 heavy (non-hydrogen) atoms. The summed E-state index contributed by atoms with van der Waals surface area (Å²) in [6, 6.07) is 19.0. The van der Waals surface area contributed by atoms with Crippen molar-refractivity contribution in [3.63, 3.8) is 0 Å². The van der Waals surface area contributed by atoms with Crippen molar-refractivity contribution in [1.29, 1.82) is 0 Å². The Morgan fingerprint density at radius 3 is 2.07 bits per heavy atom. The summed E-state index contributed by atoms with van der Waals surface area (Å²) in [7, 11) is 0. The zero-order valence-electron chi connectivity index (χ0n) is 9.20. The summed E-state index contributed by atoms with van der Waals surface area (Å²) >= 11 is 0. The summed E-state index contributed by atoms with van der Waals surface area (Å²) in [5, 5.41) is 0. The maximum atomic E-state index is 2.18. The number of aryl methyl sites for hydroxylation is 1. The Morgan fingerprint density at radius 2 is 1.40 bits per heavy atom. The molecule has 0 aliphatic carbocycles. The van der Waals surface area contributed by atoms with Gasteiger partial charge in [-0.15, -0.1) is 0 Å². The first-order valence-corrected chi connectivity index (χ1v) is 5.24. The van der Waals surface area contributed by atoms with E-state index in [1.165, 1.54) is 22.6 Å². The Balaban J connectivity index is 2.37. The molecule has 0 atom stereocenters. The maximum Gasteiger partial charge on any atom is 0.0311 e. The van der Waals surface area contributed by atoms with E-state index in [0.29, 0.717) is 0 Å². The molecule has 0 aliphatic rings. The molecule has 0 saturated carbocycles. The normalized spacial score (nSPS) is 10.6. The molecule has 0 unspecified atom stereocenters. The third-order valence-corrected chi connectivity index (χ3v) is 2.76. The molecule has 0 saturated heterocycles. The van der Waals surface area contributed by atoms with Gasteiger partial charge in [0.15, 0.2) is 0 Å². The lowest BCUT2D eigenvalue weighted by Crippen LogP contribution is -1.98. The average molecular weight is 195 g/mol. The molecule has 0 bridgehead atoms. The van der Waals surface area contributed by atoms with Crippen molar-refractivity contribution in [1.82, 2.24) is 0 Å². The van der Waals surface area contributed by atoms with Gasteiger partial charge in [0, 0.05) is 5.92 Å². The Kier molecular flexibility index (Phi) is 2.86. The highest BCUT2D eigenvalue weighted by atomic mass is 14.1. The van der Waals surface area contributed by atoms with Gasteiger partial charge in [0.1, 0.15) is 0 Å². The van der Waals surface area contributed by atoms with E-state index in [0.717, 1.165) is 0 Å². The van der Waals surface area contributed by atoms with Crippen molar-refractivity contribution in [3.05, 3.63) is 77.2 Å². The molecule has 0 heteroatoms. The highest BCUT2D eigenvalue weighted by Crippen LogP contribution is 2.24. The summed E-state index contributed by atoms with van der Waals surface area (Å²) in [5.74, 6) is 1.34. The van der Waals surface area contributed by atoms with Crippen LogP contribution < -0.4 is 0 Å². The molecule has 2 aromatic rings. The van der Waals surface area contributed by atoms with E-state index in [1.807, 2.05) is 0 Å². The average Bonchev–Trinajstić information content (AvgIpc) is 2.30. The maximum absolute atomic E-state index is 2.18. The van der Waals surface area contributed by atoms with Crippen LogP contribution in [0, 0.1) is 12.8 Å². The summed E-state index contributed by atoms with van der Waals surface area (Å²) in [6.45, 7) is 4.33. The van der Waals surface area contributed by atoms with Crippen molar-refractivity contribution >= 4 is 0 Å². The summed E-state index contributed by atoms with van der Waals surface area (Å²) in [4.78, 5) is 0. The Labute approximate surface area is 91.6 Å². The molecule has 0 nitrogen and oxygen atoms in total. The molecule has 0 amide bonds. The largest absolute Gasteiger partial charge is 0.0622 e. The highest BCUT2D eigenvalue weighted by Gasteiger charge is 2.09. The molecular formula is C15H15. The molecular weight excluding hydrogens is 180 g/mol. The molecule has 2 aromatic carbocycles. The highest BCUT2D eigenvalue weighted by molar-refractivity contribution is 5.47. The predicted octanol–water partition coefficient (Wildman–Crippen LogP) is 3.99. The van der Waals surface area contributed by atoms with Gasteiger partial charge in [-0.05, 0) is 23.6 Å². The zero-order chi connectivity index (χ0) is 10.7. The molecule has 0 spiro atoms. The zero-order valence-corrected chi connectivity index (χ0v) is 9.20.